The Hall–Kier alpha value is -0.410. The highest BCUT2D eigenvalue weighted by Crippen LogP contribution is 2.31. The first-order chi connectivity index (χ1) is 6.70. The van der Waals surface area contributed by atoms with E-state index >= 15 is 0 Å². The fraction of sp³-hybridized carbons (Fsp3) is 0.909. The summed E-state index contributed by atoms with van der Waals surface area (Å²) in [5.74, 6) is 0.427. The van der Waals surface area contributed by atoms with Crippen LogP contribution in [0.5, 0.6) is 0 Å². The van der Waals surface area contributed by atoms with Gasteiger partial charge in [-0.25, -0.2) is 0 Å². The first-order valence-corrected chi connectivity index (χ1v) is 5.51. The summed E-state index contributed by atoms with van der Waals surface area (Å²) in [7, 11) is 1.78. The Morgan fingerprint density at radius 1 is 1.43 bits per heavy atom. The van der Waals surface area contributed by atoms with Gasteiger partial charge in [-0.05, 0) is 19.8 Å². The number of methoxy groups -OCH3 is 1. The number of hydrogen-bond donors (Lipinski definition) is 0. The van der Waals surface area contributed by atoms with Crippen molar-refractivity contribution in [3.8, 4) is 0 Å². The molecule has 1 atom stereocenters. The summed E-state index contributed by atoms with van der Waals surface area (Å²) in [6.45, 7) is 3.12. The van der Waals surface area contributed by atoms with Gasteiger partial charge in [0.05, 0.1) is 6.10 Å². The number of carbonyl (C=O) groups excluding carboxylic acids is 1. The van der Waals surface area contributed by atoms with E-state index in [1.165, 1.54) is 0 Å². The summed E-state index contributed by atoms with van der Waals surface area (Å²) in [6, 6.07) is 1.11. The highest BCUT2D eigenvalue weighted by Gasteiger charge is 2.37. The minimum atomic E-state index is 0.427. The molecular weight excluding hydrogens is 178 g/mol. The van der Waals surface area contributed by atoms with Gasteiger partial charge < -0.3 is 4.74 Å². The lowest BCUT2D eigenvalue weighted by Gasteiger charge is -2.46. The van der Waals surface area contributed by atoms with E-state index in [-0.39, 0.29) is 0 Å². The topological polar surface area (TPSA) is 29.5 Å². The predicted octanol–water partition coefficient (Wildman–Crippen LogP) is 1.22. The van der Waals surface area contributed by atoms with Gasteiger partial charge in [-0.15, -0.1) is 0 Å². The second-order valence-electron chi connectivity index (χ2n) is 4.56. The Labute approximate surface area is 85.4 Å². The molecule has 2 aliphatic rings. The van der Waals surface area contributed by atoms with Crippen LogP contribution in [0.4, 0.5) is 0 Å². The highest BCUT2D eigenvalue weighted by molar-refractivity contribution is 5.79. The molecule has 0 N–H and O–H groups in total. The molecule has 0 aromatic carbocycles. The molecule has 3 heteroatoms. The van der Waals surface area contributed by atoms with Gasteiger partial charge in [-0.1, -0.05) is 0 Å². The van der Waals surface area contributed by atoms with Crippen LogP contribution in [-0.2, 0) is 9.53 Å². The van der Waals surface area contributed by atoms with E-state index in [0.717, 1.165) is 32.2 Å². The third-order valence-corrected chi connectivity index (χ3v) is 3.61. The van der Waals surface area contributed by atoms with E-state index < -0.39 is 0 Å². The molecule has 1 unspecified atom stereocenters. The average Bonchev–Trinajstić information content (AvgIpc) is 2.06. The molecule has 0 spiro atoms. The van der Waals surface area contributed by atoms with Crippen LogP contribution >= 0.6 is 0 Å². The van der Waals surface area contributed by atoms with Crippen molar-refractivity contribution >= 4 is 5.78 Å². The molecule has 1 saturated carbocycles. The molecule has 1 aliphatic heterocycles. The van der Waals surface area contributed by atoms with Crippen LogP contribution in [0.3, 0.4) is 0 Å². The fourth-order valence-electron chi connectivity index (χ4n) is 2.57. The van der Waals surface area contributed by atoms with Gasteiger partial charge in [0.1, 0.15) is 5.78 Å². The minimum absolute atomic E-state index is 0.427. The van der Waals surface area contributed by atoms with Gasteiger partial charge in [0.25, 0.3) is 0 Å². The molecule has 0 amide bonds. The SMILES string of the molecule is COC1CC(N2CCC(=O)CC2C)C1. The number of Topliss-reactive ketones (excluding diaryl/α,β-unsaturated/α-hetero) is 1. The predicted molar refractivity (Wildman–Crippen MR) is 54.2 cm³/mol. The van der Waals surface area contributed by atoms with Crippen LogP contribution in [0, 0.1) is 0 Å². The van der Waals surface area contributed by atoms with Crippen molar-refractivity contribution in [1.29, 1.82) is 0 Å². The Bertz CT molecular complexity index is 223. The maximum atomic E-state index is 11.2. The van der Waals surface area contributed by atoms with Gasteiger partial charge >= 0.3 is 0 Å². The summed E-state index contributed by atoms with van der Waals surface area (Å²) >= 11 is 0. The maximum absolute atomic E-state index is 11.2. The second-order valence-corrected chi connectivity index (χ2v) is 4.56. The van der Waals surface area contributed by atoms with Gasteiger partial charge in [0.15, 0.2) is 0 Å². The van der Waals surface area contributed by atoms with Gasteiger partial charge in [0.2, 0.25) is 0 Å². The number of ketones is 1. The van der Waals surface area contributed by atoms with Crippen LogP contribution in [0.1, 0.15) is 32.6 Å². The normalized spacial score (nSPS) is 39.6. The molecule has 80 valence electrons. The zero-order valence-electron chi connectivity index (χ0n) is 9.03. The lowest BCUT2D eigenvalue weighted by atomic mass is 9.85. The average molecular weight is 197 g/mol. The molecule has 0 radical (unpaired) electrons. The molecule has 1 aliphatic carbocycles. The molecule has 2 rings (SSSR count). The van der Waals surface area contributed by atoms with Crippen LogP contribution in [0.2, 0.25) is 0 Å². The first-order valence-electron chi connectivity index (χ1n) is 5.51. The number of likely N-dealkylation sites (tertiary alicyclic amines) is 1. The zero-order chi connectivity index (χ0) is 10.1. The van der Waals surface area contributed by atoms with Crippen molar-refractivity contribution in [2.24, 2.45) is 0 Å². The van der Waals surface area contributed by atoms with Gasteiger partial charge in [0, 0.05) is 38.6 Å². The molecular formula is C11H19NO2. The van der Waals surface area contributed by atoms with Crippen molar-refractivity contribution in [3.63, 3.8) is 0 Å². The molecule has 2 fully saturated rings. The van der Waals surface area contributed by atoms with E-state index in [9.17, 15) is 4.79 Å². The lowest BCUT2D eigenvalue weighted by molar-refractivity contribution is -0.125. The maximum Gasteiger partial charge on any atom is 0.135 e. The van der Waals surface area contributed by atoms with Crippen molar-refractivity contribution in [3.05, 3.63) is 0 Å². The van der Waals surface area contributed by atoms with E-state index in [0.29, 0.717) is 24.0 Å². The van der Waals surface area contributed by atoms with E-state index in [2.05, 4.69) is 11.8 Å². The molecule has 0 aromatic heterocycles. The monoisotopic (exact) mass is 197 g/mol. The first kappa shape index (κ1) is 10.1. The number of carbonyl (C=O) groups is 1. The fourth-order valence-corrected chi connectivity index (χ4v) is 2.57. The van der Waals surface area contributed by atoms with Crippen LogP contribution < -0.4 is 0 Å². The third-order valence-electron chi connectivity index (χ3n) is 3.61. The smallest absolute Gasteiger partial charge is 0.135 e. The largest absolute Gasteiger partial charge is 0.381 e. The minimum Gasteiger partial charge on any atom is -0.381 e. The Kier molecular flexibility index (Phi) is 2.88. The molecule has 14 heavy (non-hydrogen) atoms. The third kappa shape index (κ3) is 1.84. The summed E-state index contributed by atoms with van der Waals surface area (Å²) in [5, 5.41) is 0. The second kappa shape index (κ2) is 3.99. The van der Waals surface area contributed by atoms with Crippen molar-refractivity contribution in [1.82, 2.24) is 4.90 Å². The van der Waals surface area contributed by atoms with Crippen LogP contribution in [0.25, 0.3) is 0 Å². The van der Waals surface area contributed by atoms with Crippen LogP contribution in [-0.4, -0.2) is 42.5 Å². The van der Waals surface area contributed by atoms with Gasteiger partial charge in [-0.2, -0.15) is 0 Å². The number of hydrogen-bond acceptors (Lipinski definition) is 3. The Balaban J connectivity index is 1.84. The van der Waals surface area contributed by atoms with Crippen molar-refractivity contribution in [2.75, 3.05) is 13.7 Å². The standard InChI is InChI=1S/C11H19NO2/c1-8-5-10(13)3-4-12(8)9-6-11(7-9)14-2/h8-9,11H,3-7H2,1-2H3. The molecule has 1 heterocycles. The number of rotatable bonds is 2. The van der Waals surface area contributed by atoms with Crippen molar-refractivity contribution < 1.29 is 9.53 Å². The highest BCUT2D eigenvalue weighted by atomic mass is 16.5. The summed E-state index contributed by atoms with van der Waals surface area (Å²) in [6.07, 6.45) is 4.25. The summed E-state index contributed by atoms with van der Waals surface area (Å²) < 4.78 is 5.27. The Morgan fingerprint density at radius 3 is 2.71 bits per heavy atom. The lowest BCUT2D eigenvalue weighted by Crippen LogP contribution is -2.54. The summed E-state index contributed by atoms with van der Waals surface area (Å²) in [4.78, 5) is 13.7. The van der Waals surface area contributed by atoms with E-state index in [4.69, 9.17) is 4.74 Å². The van der Waals surface area contributed by atoms with Gasteiger partial charge in [-0.3, -0.25) is 9.69 Å². The number of nitrogens with zero attached hydrogens (tertiary/aromatic N) is 1. The Morgan fingerprint density at radius 2 is 2.14 bits per heavy atom. The zero-order valence-corrected chi connectivity index (χ0v) is 9.03. The molecule has 3 nitrogen and oxygen atoms in total. The molecule has 0 aromatic rings. The number of ether oxygens (including phenoxy) is 1. The summed E-state index contributed by atoms with van der Waals surface area (Å²) in [5.41, 5.74) is 0. The van der Waals surface area contributed by atoms with Crippen LogP contribution in [0.15, 0.2) is 0 Å². The quantitative estimate of drug-likeness (QED) is 0.666. The van der Waals surface area contributed by atoms with Crippen molar-refractivity contribution in [2.45, 2.75) is 50.8 Å². The van der Waals surface area contributed by atoms with E-state index in [1.54, 1.807) is 7.11 Å². The molecule has 0 bridgehead atoms. The molecule has 1 saturated heterocycles. The number of piperidine rings is 1. The van der Waals surface area contributed by atoms with E-state index in [1.807, 2.05) is 0 Å².